The lowest BCUT2D eigenvalue weighted by atomic mass is 9.79. The molecule has 3 aromatic rings. The Morgan fingerprint density at radius 2 is 1.62 bits per heavy atom. The van der Waals surface area contributed by atoms with Gasteiger partial charge in [-0.1, -0.05) is 42.5 Å². The lowest BCUT2D eigenvalue weighted by molar-refractivity contribution is -0.304. The Morgan fingerprint density at radius 3 is 2.39 bits per heavy atom. The van der Waals surface area contributed by atoms with Crippen LogP contribution in [-0.4, -0.2) is 112 Å². The fraction of sp³-hybridized carbons (Fsp3) is 0.350. The summed E-state index contributed by atoms with van der Waals surface area (Å²) < 4.78 is 25.6. The molecule has 0 aromatic heterocycles. The molecule has 2 aliphatic carbocycles. The first-order valence-electron chi connectivity index (χ1n) is 18.3. The minimum absolute atomic E-state index is 0.000557. The summed E-state index contributed by atoms with van der Waals surface area (Å²) in [6.07, 6.45) is -2.28. The van der Waals surface area contributed by atoms with Crippen molar-refractivity contribution in [3.8, 4) is 11.5 Å². The number of carbonyl (C=O) groups excluding carboxylic acids is 3. The monoisotopic (exact) mass is 763 g/mol. The topological polar surface area (TPSA) is 235 Å². The van der Waals surface area contributed by atoms with E-state index >= 15 is 0 Å². The van der Waals surface area contributed by atoms with Gasteiger partial charge in [-0.25, -0.2) is 0 Å². The Morgan fingerprint density at radius 1 is 0.893 bits per heavy atom. The average Bonchev–Trinajstić information content (AvgIpc) is 3.86. The molecule has 6 N–H and O–H groups in total. The summed E-state index contributed by atoms with van der Waals surface area (Å²) >= 11 is 0. The van der Waals surface area contributed by atoms with E-state index in [9.17, 15) is 34.8 Å². The molecule has 16 nitrogen and oxygen atoms in total. The normalized spacial score (nSPS) is 28.0. The number of allylic oxidation sites excluding steroid dienone is 1. The number of aliphatic hydroxyl groups excluding tert-OH is 4. The number of anilines is 1. The van der Waals surface area contributed by atoms with Crippen molar-refractivity contribution in [3.05, 3.63) is 100 Å². The summed E-state index contributed by atoms with van der Waals surface area (Å²) in [4.78, 5) is 55.7. The zero-order valence-corrected chi connectivity index (χ0v) is 29.8. The Kier molecular flexibility index (Phi) is 8.82. The molecule has 4 aliphatic heterocycles. The number of nitrogens with two attached hydrogens (primary N) is 1. The average molecular weight is 764 g/mol. The molecule has 16 heteroatoms. The van der Waals surface area contributed by atoms with Gasteiger partial charge >= 0.3 is 5.91 Å². The smallest absolute Gasteiger partial charge is 0.302 e. The lowest BCUT2D eigenvalue weighted by Crippen LogP contribution is -2.65. The number of amides is 1. The number of aliphatic imine (C=N–C) groups is 3. The largest absolute Gasteiger partial charge is 0.492 e. The van der Waals surface area contributed by atoms with E-state index in [1.165, 1.54) is 18.4 Å². The number of guanidine groups is 1. The van der Waals surface area contributed by atoms with E-state index in [-0.39, 0.29) is 70.1 Å². The van der Waals surface area contributed by atoms with Crippen molar-refractivity contribution in [2.24, 2.45) is 20.7 Å². The first-order chi connectivity index (χ1) is 27.1. The van der Waals surface area contributed by atoms with Crippen LogP contribution in [0.2, 0.25) is 0 Å². The molecule has 2 bridgehead atoms. The minimum atomic E-state index is -1.79. The van der Waals surface area contributed by atoms with Crippen LogP contribution in [0.5, 0.6) is 11.5 Å². The summed E-state index contributed by atoms with van der Waals surface area (Å²) in [6, 6.07) is 15.1. The third-order valence-corrected chi connectivity index (χ3v) is 11.2. The molecule has 1 amide bonds. The Labute approximate surface area is 319 Å². The van der Waals surface area contributed by atoms with Crippen LogP contribution in [0.25, 0.3) is 0 Å². The van der Waals surface area contributed by atoms with Crippen LogP contribution in [0.3, 0.4) is 0 Å². The summed E-state index contributed by atoms with van der Waals surface area (Å²) in [5.41, 5.74) is 6.36. The van der Waals surface area contributed by atoms with Crippen molar-refractivity contribution in [1.29, 1.82) is 0 Å². The highest BCUT2D eigenvalue weighted by atomic mass is 16.7. The second kappa shape index (κ2) is 13.8. The van der Waals surface area contributed by atoms with Crippen molar-refractivity contribution < 1.29 is 53.8 Å². The number of ether oxygens (including phenoxy) is 4. The van der Waals surface area contributed by atoms with Crippen molar-refractivity contribution >= 4 is 40.7 Å². The zero-order chi connectivity index (χ0) is 38.9. The van der Waals surface area contributed by atoms with Crippen molar-refractivity contribution in [2.75, 3.05) is 24.8 Å². The van der Waals surface area contributed by atoms with E-state index < -0.39 is 66.3 Å². The number of fused-ring (bicyclic) bond motifs is 7. The van der Waals surface area contributed by atoms with Crippen LogP contribution in [0.1, 0.15) is 74.6 Å². The van der Waals surface area contributed by atoms with E-state index in [1.807, 2.05) is 6.07 Å². The molecule has 2 fully saturated rings. The number of rotatable bonds is 5. The van der Waals surface area contributed by atoms with E-state index in [0.717, 1.165) is 12.8 Å². The molecule has 56 heavy (non-hydrogen) atoms. The molecular formula is C40H37N5O11. The van der Waals surface area contributed by atoms with Gasteiger partial charge in [-0.3, -0.25) is 19.4 Å². The predicted octanol–water partition coefficient (Wildman–Crippen LogP) is 1.48. The number of amidine groups is 1. The first kappa shape index (κ1) is 35.9. The summed E-state index contributed by atoms with van der Waals surface area (Å²) in [5, 5.41) is 44.0. The van der Waals surface area contributed by atoms with Crippen LogP contribution in [0.15, 0.2) is 81.9 Å². The molecule has 3 aromatic carbocycles. The highest BCUT2D eigenvalue weighted by Crippen LogP contribution is 2.50. The molecular weight excluding hydrogens is 726 g/mol. The molecule has 6 aliphatic rings. The maximum Gasteiger partial charge on any atom is 0.302 e. The van der Waals surface area contributed by atoms with Gasteiger partial charge in [-0.2, -0.15) is 9.98 Å². The quantitative estimate of drug-likeness (QED) is 0.194. The molecule has 4 heterocycles. The van der Waals surface area contributed by atoms with E-state index in [0.29, 0.717) is 24.1 Å². The lowest BCUT2D eigenvalue weighted by Gasteiger charge is -2.47. The van der Waals surface area contributed by atoms with Crippen LogP contribution >= 0.6 is 0 Å². The van der Waals surface area contributed by atoms with Crippen LogP contribution in [0, 0.1) is 0 Å². The number of hydrogen-bond donors (Lipinski definition) is 5. The zero-order valence-electron chi connectivity index (χ0n) is 29.8. The molecule has 1 spiro atoms. The number of benzene rings is 3. The van der Waals surface area contributed by atoms with Crippen LogP contribution < -0.4 is 20.1 Å². The summed E-state index contributed by atoms with van der Waals surface area (Å²) in [6.45, 7) is -0.793. The standard InChI is InChI=1S/C40H37N5O11/c41-39-43-36-27(37(52)44-39)42-18-45(36)25-10-4-3-7-20(25)19-11-15-54-40(12-5-6-13-40)35-31(50)30(49)32(51)38(56-35)55-33-23(19)17-24-26(34(33)53-16-14-46)29(48)22-9-2-1-8-21(22)28(24)47/h1-4,7-11,15,17,19,30-32,35,38,46,49-51H,5-6,12-14,16,18H2,(H2,41,44,52)/b15-11+/t19-,30+,31+,32-,35+,38-/m0/s1. The number of ketones is 2. The van der Waals surface area contributed by atoms with Crippen molar-refractivity contribution in [3.63, 3.8) is 0 Å². The van der Waals surface area contributed by atoms with Gasteiger partial charge in [0.05, 0.1) is 18.4 Å². The highest BCUT2D eigenvalue weighted by molar-refractivity contribution is 6.72. The Hall–Kier alpha value is -5.78. The van der Waals surface area contributed by atoms with Crippen LogP contribution in [0.4, 0.5) is 5.69 Å². The fourth-order valence-electron chi connectivity index (χ4n) is 8.59. The number of nitrogens with zero attached hydrogens (tertiary/aromatic N) is 4. The molecule has 1 saturated carbocycles. The highest BCUT2D eigenvalue weighted by Gasteiger charge is 2.56. The summed E-state index contributed by atoms with van der Waals surface area (Å²) in [5.74, 6) is -2.90. The molecule has 1 saturated heterocycles. The van der Waals surface area contributed by atoms with Gasteiger partial charge in [0.2, 0.25) is 12.2 Å². The molecule has 0 unspecified atom stereocenters. The second-order valence-electron chi connectivity index (χ2n) is 14.4. The maximum atomic E-state index is 14.3. The number of carbonyl (C=O) groups is 3. The Balaban J connectivity index is 1.31. The van der Waals surface area contributed by atoms with Crippen LogP contribution in [-0.2, 0) is 14.3 Å². The minimum Gasteiger partial charge on any atom is -0.492 e. The second-order valence-corrected chi connectivity index (χ2v) is 14.4. The SMILES string of the molecule is NC1=NC(=O)C2=NCN(c3ccccc3[C@@H]3/C=C/OC4(CCCC4)[C@@H]4O[C@H](Oc5c3cc3c(c5OCCO)C(=O)c5ccccc5C3=O)[C@@H](O)[C@H](O)[C@H]4O)C2=N1. The Bertz CT molecular complexity index is 2300. The number of aliphatic hydroxyl groups is 4. The van der Waals surface area contributed by atoms with Gasteiger partial charge in [-0.15, -0.1) is 0 Å². The first-order valence-corrected chi connectivity index (χ1v) is 18.3. The van der Waals surface area contributed by atoms with Gasteiger partial charge in [0.25, 0.3) is 0 Å². The number of para-hydroxylation sites is 1. The molecule has 288 valence electrons. The summed E-state index contributed by atoms with van der Waals surface area (Å²) in [7, 11) is 0. The van der Waals surface area contributed by atoms with E-state index in [2.05, 4.69) is 15.0 Å². The molecule has 9 rings (SSSR count). The predicted molar refractivity (Wildman–Crippen MR) is 198 cm³/mol. The van der Waals surface area contributed by atoms with E-state index in [1.54, 1.807) is 47.4 Å². The van der Waals surface area contributed by atoms with Gasteiger partial charge in [0.15, 0.2) is 34.6 Å². The van der Waals surface area contributed by atoms with Crippen molar-refractivity contribution in [2.45, 2.75) is 67.9 Å². The third-order valence-electron chi connectivity index (χ3n) is 11.2. The number of hydrogen-bond acceptors (Lipinski definition) is 15. The maximum absolute atomic E-state index is 14.3. The third kappa shape index (κ3) is 5.55. The van der Waals surface area contributed by atoms with Gasteiger partial charge < -0.3 is 50.0 Å². The van der Waals surface area contributed by atoms with Gasteiger partial charge in [0, 0.05) is 33.9 Å². The fourth-order valence-corrected chi connectivity index (χ4v) is 8.59. The van der Waals surface area contributed by atoms with Gasteiger partial charge in [-0.05, 0) is 49.5 Å². The van der Waals surface area contributed by atoms with E-state index in [4.69, 9.17) is 24.7 Å². The van der Waals surface area contributed by atoms with Gasteiger partial charge in [0.1, 0.15) is 43.3 Å². The molecule has 0 radical (unpaired) electrons. The van der Waals surface area contributed by atoms with Crippen molar-refractivity contribution in [1.82, 2.24) is 0 Å². The molecule has 6 atom stereocenters.